The third kappa shape index (κ3) is 3.90. The highest BCUT2D eigenvalue weighted by atomic mass is 16.4. The minimum Gasteiger partial charge on any atom is -0.508 e. The number of likely N-dealkylation sites (N-methyl/N-ethyl adjacent to an activating group) is 1. The highest BCUT2D eigenvalue weighted by Crippen LogP contribution is 2.16. The van der Waals surface area contributed by atoms with Crippen LogP contribution in [0.5, 0.6) is 5.75 Å². The van der Waals surface area contributed by atoms with E-state index in [-0.39, 0.29) is 28.8 Å². The van der Waals surface area contributed by atoms with Gasteiger partial charge in [0.05, 0.1) is 16.8 Å². The molecule has 2 N–H and O–H groups in total. The van der Waals surface area contributed by atoms with Crippen LogP contribution in [-0.2, 0) is 6.42 Å². The largest absolute Gasteiger partial charge is 0.508 e. The first kappa shape index (κ1) is 17.5. The van der Waals surface area contributed by atoms with Crippen molar-refractivity contribution in [3.63, 3.8) is 0 Å². The number of carbonyl (C=O) groups excluding carboxylic acids is 1. The number of benzene rings is 1. The van der Waals surface area contributed by atoms with Gasteiger partial charge in [0.15, 0.2) is 0 Å². The van der Waals surface area contributed by atoms with Gasteiger partial charge in [-0.1, -0.05) is 12.1 Å². The van der Waals surface area contributed by atoms with Crippen molar-refractivity contribution in [2.24, 2.45) is 0 Å². The molecule has 0 aliphatic heterocycles. The molecule has 6 nitrogen and oxygen atoms in total. The van der Waals surface area contributed by atoms with Crippen LogP contribution in [0.2, 0.25) is 0 Å². The van der Waals surface area contributed by atoms with Gasteiger partial charge in [-0.2, -0.15) is 0 Å². The van der Waals surface area contributed by atoms with Crippen molar-refractivity contribution in [2.45, 2.75) is 26.3 Å². The van der Waals surface area contributed by atoms with Crippen molar-refractivity contribution in [3.05, 3.63) is 58.9 Å². The number of hydrogen-bond acceptors (Lipinski definition) is 4. The molecule has 1 heterocycles. The van der Waals surface area contributed by atoms with Gasteiger partial charge in [-0.15, -0.1) is 0 Å². The topological polar surface area (TPSA) is 90.7 Å². The number of aromatic hydroxyl groups is 1. The van der Waals surface area contributed by atoms with Crippen LogP contribution >= 0.6 is 0 Å². The minimum absolute atomic E-state index is 0.0106. The molecule has 1 unspecified atom stereocenters. The molecule has 0 spiro atoms. The summed E-state index contributed by atoms with van der Waals surface area (Å²) < 4.78 is 0. The summed E-state index contributed by atoms with van der Waals surface area (Å²) in [6, 6.07) is 8.08. The Kier molecular flexibility index (Phi) is 5.18. The van der Waals surface area contributed by atoms with Crippen molar-refractivity contribution in [2.75, 3.05) is 7.05 Å². The van der Waals surface area contributed by atoms with Crippen molar-refractivity contribution in [1.29, 1.82) is 0 Å². The van der Waals surface area contributed by atoms with Gasteiger partial charge in [-0.3, -0.25) is 9.78 Å². The quantitative estimate of drug-likeness (QED) is 0.880. The third-order valence-corrected chi connectivity index (χ3v) is 4.01. The molecular weight excluding hydrogens is 308 g/mol. The number of aryl methyl sites for hydroxylation is 1. The predicted molar refractivity (Wildman–Crippen MR) is 89.3 cm³/mol. The van der Waals surface area contributed by atoms with Gasteiger partial charge < -0.3 is 15.1 Å². The van der Waals surface area contributed by atoms with Gasteiger partial charge in [-0.25, -0.2) is 4.79 Å². The fourth-order valence-electron chi connectivity index (χ4n) is 2.37. The lowest BCUT2D eigenvalue weighted by molar-refractivity contribution is 0.0696. The molecule has 0 saturated carbocycles. The Bertz CT molecular complexity index is 756. The van der Waals surface area contributed by atoms with Crippen LogP contribution in [0, 0.1) is 6.92 Å². The van der Waals surface area contributed by atoms with E-state index in [0.29, 0.717) is 12.1 Å². The molecule has 1 amide bonds. The summed E-state index contributed by atoms with van der Waals surface area (Å²) in [6.45, 7) is 3.59. The summed E-state index contributed by atoms with van der Waals surface area (Å²) >= 11 is 0. The molecule has 0 aliphatic rings. The first-order valence-electron chi connectivity index (χ1n) is 7.54. The fourth-order valence-corrected chi connectivity index (χ4v) is 2.37. The van der Waals surface area contributed by atoms with Crippen molar-refractivity contribution < 1.29 is 19.8 Å². The van der Waals surface area contributed by atoms with Crippen LogP contribution < -0.4 is 0 Å². The summed E-state index contributed by atoms with van der Waals surface area (Å²) in [7, 11) is 1.68. The van der Waals surface area contributed by atoms with Crippen LogP contribution in [0.15, 0.2) is 36.5 Å². The first-order valence-corrected chi connectivity index (χ1v) is 7.54. The van der Waals surface area contributed by atoms with Crippen molar-refractivity contribution in [3.8, 4) is 5.75 Å². The van der Waals surface area contributed by atoms with E-state index >= 15 is 0 Å². The predicted octanol–water partition coefficient (Wildman–Crippen LogP) is 2.50. The lowest BCUT2D eigenvalue weighted by atomic mass is 10.0. The lowest BCUT2D eigenvalue weighted by Crippen LogP contribution is -2.37. The van der Waals surface area contributed by atoms with Crippen LogP contribution in [0.4, 0.5) is 0 Å². The molecule has 0 bridgehead atoms. The Labute approximate surface area is 140 Å². The number of hydrogen-bond donors (Lipinski definition) is 2. The smallest absolute Gasteiger partial charge is 0.337 e. The maximum absolute atomic E-state index is 12.7. The monoisotopic (exact) mass is 328 g/mol. The number of amides is 1. The number of phenols is 1. The maximum Gasteiger partial charge on any atom is 0.337 e. The zero-order chi connectivity index (χ0) is 17.9. The second-order valence-electron chi connectivity index (χ2n) is 5.80. The van der Waals surface area contributed by atoms with E-state index in [1.54, 1.807) is 31.0 Å². The normalized spacial score (nSPS) is 11.8. The van der Waals surface area contributed by atoms with Crippen LogP contribution in [0.1, 0.15) is 38.9 Å². The van der Waals surface area contributed by atoms with Crippen molar-refractivity contribution in [1.82, 2.24) is 9.88 Å². The highest BCUT2D eigenvalue weighted by Gasteiger charge is 2.21. The molecule has 1 atom stereocenters. The van der Waals surface area contributed by atoms with E-state index in [1.807, 2.05) is 19.1 Å². The molecule has 0 radical (unpaired) electrons. The van der Waals surface area contributed by atoms with E-state index in [4.69, 9.17) is 5.11 Å². The summed E-state index contributed by atoms with van der Waals surface area (Å²) in [4.78, 5) is 29.3. The summed E-state index contributed by atoms with van der Waals surface area (Å²) in [5, 5.41) is 18.4. The van der Waals surface area contributed by atoms with E-state index in [0.717, 1.165) is 5.56 Å². The molecule has 6 heteroatoms. The third-order valence-electron chi connectivity index (χ3n) is 4.01. The number of phenolic OH excluding ortho intramolecular Hbond substituents is 1. The molecule has 0 fully saturated rings. The maximum atomic E-state index is 12.7. The van der Waals surface area contributed by atoms with Crippen LogP contribution in [0.3, 0.4) is 0 Å². The molecule has 1 aromatic heterocycles. The zero-order valence-electron chi connectivity index (χ0n) is 13.9. The Morgan fingerprint density at radius 3 is 2.46 bits per heavy atom. The Morgan fingerprint density at radius 1 is 1.25 bits per heavy atom. The van der Waals surface area contributed by atoms with Gasteiger partial charge in [0.1, 0.15) is 5.75 Å². The summed E-state index contributed by atoms with van der Waals surface area (Å²) in [5.41, 5.74) is 1.77. The number of rotatable bonds is 5. The van der Waals surface area contributed by atoms with Gasteiger partial charge in [0.2, 0.25) is 0 Å². The molecule has 126 valence electrons. The van der Waals surface area contributed by atoms with E-state index in [1.165, 1.54) is 12.3 Å². The molecule has 2 aromatic rings. The van der Waals surface area contributed by atoms with Crippen molar-refractivity contribution >= 4 is 11.9 Å². The molecular formula is C18H20N2O4. The Hall–Kier alpha value is -2.89. The number of carbonyl (C=O) groups is 2. The number of aromatic nitrogens is 1. The average molecular weight is 328 g/mol. The number of pyridine rings is 1. The molecule has 0 saturated heterocycles. The van der Waals surface area contributed by atoms with Gasteiger partial charge in [0.25, 0.3) is 5.91 Å². The van der Waals surface area contributed by atoms with Crippen LogP contribution in [-0.4, -0.2) is 45.1 Å². The Balaban J connectivity index is 2.17. The SMILES string of the molecule is Cc1ncc(C(=O)O)cc1C(=O)N(C)C(C)Cc1ccc(O)cc1. The highest BCUT2D eigenvalue weighted by molar-refractivity contribution is 5.98. The summed E-state index contributed by atoms with van der Waals surface area (Å²) in [6.07, 6.45) is 1.86. The zero-order valence-corrected chi connectivity index (χ0v) is 13.9. The summed E-state index contributed by atoms with van der Waals surface area (Å²) in [5.74, 6) is -1.19. The molecule has 0 aliphatic carbocycles. The van der Waals surface area contributed by atoms with Crippen LogP contribution in [0.25, 0.3) is 0 Å². The first-order chi connectivity index (χ1) is 11.3. The number of carboxylic acids is 1. The standard InChI is InChI=1S/C18H20N2O4/c1-11(8-13-4-6-15(21)7-5-13)20(3)17(22)16-9-14(18(23)24)10-19-12(16)2/h4-7,9-11,21H,8H2,1-3H3,(H,23,24). The minimum atomic E-state index is -1.11. The molecule has 1 aromatic carbocycles. The average Bonchev–Trinajstić information content (AvgIpc) is 2.55. The fraction of sp³-hybridized carbons (Fsp3) is 0.278. The van der Waals surface area contributed by atoms with Gasteiger partial charge >= 0.3 is 5.97 Å². The van der Waals surface area contributed by atoms with E-state index < -0.39 is 5.97 Å². The van der Waals surface area contributed by atoms with E-state index in [2.05, 4.69) is 4.98 Å². The number of carboxylic acid groups (broad SMARTS) is 1. The molecule has 24 heavy (non-hydrogen) atoms. The second-order valence-corrected chi connectivity index (χ2v) is 5.80. The van der Waals surface area contributed by atoms with Gasteiger partial charge in [0, 0.05) is 19.3 Å². The van der Waals surface area contributed by atoms with Gasteiger partial charge in [-0.05, 0) is 44.0 Å². The van der Waals surface area contributed by atoms with E-state index in [9.17, 15) is 14.7 Å². The lowest BCUT2D eigenvalue weighted by Gasteiger charge is -2.25. The number of nitrogens with zero attached hydrogens (tertiary/aromatic N) is 2. The molecule has 2 rings (SSSR count). The Morgan fingerprint density at radius 2 is 1.88 bits per heavy atom. The number of aromatic carboxylic acids is 1. The second kappa shape index (κ2) is 7.12.